The summed E-state index contributed by atoms with van der Waals surface area (Å²) in [7, 11) is 0.669. The maximum Gasteiger partial charge on any atom is 0.146 e. The number of rotatable bonds is 5. The van der Waals surface area contributed by atoms with E-state index < -0.39 is 4.87 Å². The second kappa shape index (κ2) is 6.57. The van der Waals surface area contributed by atoms with E-state index in [-0.39, 0.29) is 6.10 Å². The van der Waals surface area contributed by atoms with Crippen LogP contribution in [0.4, 0.5) is 0 Å². The molecule has 2 aromatic carbocycles. The molecule has 0 aliphatic carbocycles. The molecular formula is C17H21ClOSi. The summed E-state index contributed by atoms with van der Waals surface area (Å²) in [5, 5.41) is 0. The average Bonchev–Trinajstić information content (AvgIpc) is 2.49. The summed E-state index contributed by atoms with van der Waals surface area (Å²) in [4.78, 5) is -0.640. The Hall–Kier alpha value is -1.09. The molecule has 0 aromatic heterocycles. The molecule has 2 rings (SSSR count). The molecule has 0 spiro atoms. The molecule has 0 radical (unpaired) electrons. The highest BCUT2D eigenvalue weighted by atomic mass is 35.5. The van der Waals surface area contributed by atoms with Gasteiger partial charge in [-0.2, -0.15) is 0 Å². The summed E-state index contributed by atoms with van der Waals surface area (Å²) in [6.07, 6.45) is -0.0411. The first-order valence-electron chi connectivity index (χ1n) is 6.93. The number of benzene rings is 2. The third kappa shape index (κ3) is 2.83. The van der Waals surface area contributed by atoms with Gasteiger partial charge in [-0.15, -0.1) is 11.6 Å². The monoisotopic (exact) mass is 304 g/mol. The Morgan fingerprint density at radius 2 is 1.30 bits per heavy atom. The lowest BCUT2D eigenvalue weighted by Crippen LogP contribution is -2.40. The molecule has 0 saturated carbocycles. The first-order chi connectivity index (χ1) is 9.60. The first kappa shape index (κ1) is 15.3. The Bertz CT molecular complexity index is 488. The summed E-state index contributed by atoms with van der Waals surface area (Å²) in [5.74, 6) is 0.338. The molecule has 0 heterocycles. The van der Waals surface area contributed by atoms with Crippen LogP contribution in [0.1, 0.15) is 25.0 Å². The van der Waals surface area contributed by atoms with Crippen molar-refractivity contribution in [3.63, 3.8) is 0 Å². The van der Waals surface area contributed by atoms with Crippen molar-refractivity contribution in [2.45, 2.75) is 24.8 Å². The smallest absolute Gasteiger partial charge is 0.146 e. The van der Waals surface area contributed by atoms with E-state index in [1.54, 1.807) is 0 Å². The predicted molar refractivity (Wildman–Crippen MR) is 89.2 cm³/mol. The van der Waals surface area contributed by atoms with Crippen LogP contribution in [-0.4, -0.2) is 16.6 Å². The predicted octanol–water partition coefficient (Wildman–Crippen LogP) is 3.49. The van der Waals surface area contributed by atoms with Gasteiger partial charge in [0.1, 0.15) is 15.4 Å². The van der Waals surface area contributed by atoms with E-state index in [2.05, 4.69) is 38.1 Å². The molecule has 20 heavy (non-hydrogen) atoms. The molecule has 0 bridgehead atoms. The van der Waals surface area contributed by atoms with E-state index in [9.17, 15) is 0 Å². The molecule has 106 valence electrons. The molecule has 0 aliphatic rings. The maximum absolute atomic E-state index is 7.15. The van der Waals surface area contributed by atoms with Crippen LogP contribution in [0.2, 0.25) is 0 Å². The Morgan fingerprint density at radius 1 is 0.900 bits per heavy atom. The molecule has 3 heteroatoms. The van der Waals surface area contributed by atoms with Crippen LogP contribution in [0, 0.1) is 5.92 Å². The van der Waals surface area contributed by atoms with Crippen molar-refractivity contribution in [1.29, 1.82) is 0 Å². The minimum absolute atomic E-state index is 0.0411. The third-order valence-corrected chi connectivity index (χ3v) is 4.80. The SMILES string of the molecule is CC(C)C(O[SiH3])C(Cl)(c1ccccc1)c1ccccc1. The standard InChI is InChI=1S/C17H21ClOSi/c1-13(2)16(19-20)17(18,14-9-5-3-6-10-14)15-11-7-4-8-12-15/h3-13,16H,1-2,20H3. The quantitative estimate of drug-likeness (QED) is 0.607. The average molecular weight is 305 g/mol. The van der Waals surface area contributed by atoms with Crippen LogP contribution in [0.5, 0.6) is 0 Å². The van der Waals surface area contributed by atoms with Gasteiger partial charge in [-0.05, 0) is 17.0 Å². The van der Waals surface area contributed by atoms with Gasteiger partial charge in [0, 0.05) is 0 Å². The summed E-state index contributed by atoms with van der Waals surface area (Å²) >= 11 is 7.15. The van der Waals surface area contributed by atoms with Gasteiger partial charge in [0.2, 0.25) is 0 Å². The van der Waals surface area contributed by atoms with Crippen molar-refractivity contribution in [2.75, 3.05) is 0 Å². The Balaban J connectivity index is 2.60. The van der Waals surface area contributed by atoms with Gasteiger partial charge in [0.05, 0.1) is 6.10 Å². The van der Waals surface area contributed by atoms with Gasteiger partial charge in [0.15, 0.2) is 0 Å². The fraction of sp³-hybridized carbons (Fsp3) is 0.294. The molecular weight excluding hydrogens is 284 g/mol. The van der Waals surface area contributed by atoms with Crippen molar-refractivity contribution >= 4 is 22.1 Å². The molecule has 1 atom stereocenters. The van der Waals surface area contributed by atoms with Gasteiger partial charge in [0.25, 0.3) is 0 Å². The number of hydrogen-bond acceptors (Lipinski definition) is 1. The topological polar surface area (TPSA) is 9.23 Å². The fourth-order valence-corrected chi connectivity index (χ4v) is 4.39. The van der Waals surface area contributed by atoms with Crippen molar-refractivity contribution in [1.82, 2.24) is 0 Å². The zero-order valence-corrected chi connectivity index (χ0v) is 15.0. The van der Waals surface area contributed by atoms with Crippen LogP contribution in [0.25, 0.3) is 0 Å². The second-order valence-corrected chi connectivity index (χ2v) is 6.41. The molecule has 0 aliphatic heterocycles. The number of alkyl halides is 1. The molecule has 2 aromatic rings. The second-order valence-electron chi connectivity index (χ2n) is 5.34. The van der Waals surface area contributed by atoms with E-state index in [1.807, 2.05) is 36.4 Å². The van der Waals surface area contributed by atoms with Gasteiger partial charge < -0.3 is 4.43 Å². The Labute approximate surface area is 129 Å². The summed E-state index contributed by atoms with van der Waals surface area (Å²) in [6.45, 7) is 4.32. The Kier molecular flexibility index (Phi) is 5.03. The van der Waals surface area contributed by atoms with Crippen LogP contribution in [-0.2, 0) is 9.30 Å². The van der Waals surface area contributed by atoms with Crippen molar-refractivity contribution in [2.24, 2.45) is 5.92 Å². The molecule has 1 nitrogen and oxygen atoms in total. The lowest BCUT2D eigenvalue weighted by molar-refractivity contribution is 0.131. The summed E-state index contributed by atoms with van der Waals surface area (Å²) in [6, 6.07) is 20.5. The lowest BCUT2D eigenvalue weighted by atomic mass is 9.81. The summed E-state index contributed by atoms with van der Waals surface area (Å²) < 4.78 is 5.89. The molecule has 1 unspecified atom stereocenters. The minimum Gasteiger partial charge on any atom is -0.422 e. The molecule has 0 N–H and O–H groups in total. The Morgan fingerprint density at radius 3 is 1.60 bits per heavy atom. The van der Waals surface area contributed by atoms with Crippen molar-refractivity contribution < 1.29 is 4.43 Å². The first-order valence-corrected chi connectivity index (χ1v) is 8.13. The van der Waals surface area contributed by atoms with Gasteiger partial charge in [-0.25, -0.2) is 0 Å². The van der Waals surface area contributed by atoms with Gasteiger partial charge >= 0.3 is 0 Å². The molecule has 0 amide bonds. The van der Waals surface area contributed by atoms with Crippen LogP contribution < -0.4 is 0 Å². The highest BCUT2D eigenvalue weighted by Crippen LogP contribution is 2.43. The normalized spacial score (nSPS) is 13.6. The zero-order valence-electron chi connectivity index (χ0n) is 12.2. The zero-order chi connectivity index (χ0) is 14.6. The van der Waals surface area contributed by atoms with Gasteiger partial charge in [-0.1, -0.05) is 74.5 Å². The van der Waals surface area contributed by atoms with E-state index in [1.165, 1.54) is 0 Å². The van der Waals surface area contributed by atoms with E-state index in [0.717, 1.165) is 11.1 Å². The molecule has 0 saturated heterocycles. The van der Waals surface area contributed by atoms with Crippen LogP contribution in [0.3, 0.4) is 0 Å². The summed E-state index contributed by atoms with van der Waals surface area (Å²) in [5.41, 5.74) is 2.17. The van der Waals surface area contributed by atoms with Crippen LogP contribution in [0.15, 0.2) is 60.7 Å². The largest absolute Gasteiger partial charge is 0.422 e. The van der Waals surface area contributed by atoms with E-state index >= 15 is 0 Å². The highest BCUT2D eigenvalue weighted by Gasteiger charge is 2.41. The minimum atomic E-state index is -0.640. The van der Waals surface area contributed by atoms with Gasteiger partial charge in [-0.3, -0.25) is 0 Å². The van der Waals surface area contributed by atoms with E-state index in [4.69, 9.17) is 16.0 Å². The molecule has 0 fully saturated rings. The number of hydrogen-bond donors (Lipinski definition) is 0. The van der Waals surface area contributed by atoms with E-state index in [0.29, 0.717) is 16.4 Å². The number of halogens is 1. The fourth-order valence-electron chi connectivity index (χ4n) is 2.75. The van der Waals surface area contributed by atoms with Crippen molar-refractivity contribution in [3.8, 4) is 0 Å². The van der Waals surface area contributed by atoms with Crippen molar-refractivity contribution in [3.05, 3.63) is 71.8 Å². The lowest BCUT2D eigenvalue weighted by Gasteiger charge is -2.38. The van der Waals surface area contributed by atoms with Crippen LogP contribution >= 0.6 is 11.6 Å². The maximum atomic E-state index is 7.15. The third-order valence-electron chi connectivity index (χ3n) is 3.64. The highest BCUT2D eigenvalue weighted by molar-refractivity contribution is 6.26.